The molecule has 0 aromatic heterocycles. The molecule has 2 saturated heterocycles. The molecule has 0 aromatic carbocycles. The maximum atomic E-state index is 2.69. The van der Waals surface area contributed by atoms with Crippen molar-refractivity contribution in [3.8, 4) is 0 Å². The lowest BCUT2D eigenvalue weighted by Gasteiger charge is -2.37. The molecule has 2 aliphatic rings. The van der Waals surface area contributed by atoms with Gasteiger partial charge in [-0.05, 0) is 59.5 Å². The fourth-order valence-corrected chi connectivity index (χ4v) is 2.76. The van der Waals surface area contributed by atoms with Crippen molar-refractivity contribution in [2.45, 2.75) is 58.0 Å². The molecule has 82 valence electrons. The Bertz CT molecular complexity index is 195. The van der Waals surface area contributed by atoms with Crippen molar-refractivity contribution in [3.63, 3.8) is 0 Å². The zero-order valence-electron chi connectivity index (χ0n) is 9.92. The standard InChI is InChI=1S/C12H24N2/c1-12(2,3)14-9-5-7-11-6-4-8-13(11)10-14/h11H,4-10H2,1-3H3. The Balaban J connectivity index is 2.02. The quantitative estimate of drug-likeness (QED) is 0.586. The van der Waals surface area contributed by atoms with E-state index in [1.54, 1.807) is 0 Å². The highest BCUT2D eigenvalue weighted by molar-refractivity contribution is 4.86. The zero-order valence-corrected chi connectivity index (χ0v) is 9.92. The third-order valence-electron chi connectivity index (χ3n) is 3.77. The summed E-state index contributed by atoms with van der Waals surface area (Å²) in [7, 11) is 0. The molecule has 14 heavy (non-hydrogen) atoms. The lowest BCUT2D eigenvalue weighted by molar-refractivity contribution is 0.0704. The van der Waals surface area contributed by atoms with Crippen LogP contribution in [0, 0.1) is 0 Å². The summed E-state index contributed by atoms with van der Waals surface area (Å²) in [6, 6.07) is 0.905. The van der Waals surface area contributed by atoms with Crippen LogP contribution in [-0.4, -0.2) is 41.1 Å². The van der Waals surface area contributed by atoms with E-state index in [-0.39, 0.29) is 0 Å². The molecule has 0 bridgehead atoms. The van der Waals surface area contributed by atoms with Gasteiger partial charge in [0.2, 0.25) is 0 Å². The van der Waals surface area contributed by atoms with Crippen molar-refractivity contribution in [1.29, 1.82) is 0 Å². The van der Waals surface area contributed by atoms with E-state index in [9.17, 15) is 0 Å². The maximum Gasteiger partial charge on any atom is 0.0513 e. The summed E-state index contributed by atoms with van der Waals surface area (Å²) in [6.07, 6.45) is 5.67. The molecule has 2 heterocycles. The highest BCUT2D eigenvalue weighted by atomic mass is 15.4. The Hall–Kier alpha value is -0.0800. The fourth-order valence-electron chi connectivity index (χ4n) is 2.76. The van der Waals surface area contributed by atoms with Gasteiger partial charge in [0.05, 0.1) is 6.67 Å². The van der Waals surface area contributed by atoms with E-state index in [1.807, 2.05) is 0 Å². The first kappa shape index (κ1) is 10.4. The van der Waals surface area contributed by atoms with Crippen molar-refractivity contribution in [2.75, 3.05) is 19.8 Å². The number of fused-ring (bicyclic) bond motifs is 1. The lowest BCUT2D eigenvalue weighted by Crippen LogP contribution is -2.47. The van der Waals surface area contributed by atoms with E-state index in [4.69, 9.17) is 0 Å². The molecule has 0 amide bonds. The Morgan fingerprint density at radius 1 is 1.00 bits per heavy atom. The van der Waals surface area contributed by atoms with Crippen molar-refractivity contribution in [1.82, 2.24) is 9.80 Å². The summed E-state index contributed by atoms with van der Waals surface area (Å²) in [5.41, 5.74) is 0.345. The van der Waals surface area contributed by atoms with Gasteiger partial charge in [-0.25, -0.2) is 0 Å². The normalized spacial score (nSPS) is 31.5. The van der Waals surface area contributed by atoms with Gasteiger partial charge in [-0.1, -0.05) is 0 Å². The summed E-state index contributed by atoms with van der Waals surface area (Å²) in [5.74, 6) is 0. The van der Waals surface area contributed by atoms with Crippen LogP contribution in [0.2, 0.25) is 0 Å². The van der Waals surface area contributed by atoms with Crippen LogP contribution in [0.3, 0.4) is 0 Å². The zero-order chi connectivity index (χ0) is 10.2. The minimum Gasteiger partial charge on any atom is -0.288 e. The van der Waals surface area contributed by atoms with E-state index < -0.39 is 0 Å². The van der Waals surface area contributed by atoms with Gasteiger partial charge < -0.3 is 0 Å². The molecule has 0 saturated carbocycles. The summed E-state index contributed by atoms with van der Waals surface area (Å²) in [5, 5.41) is 0. The second kappa shape index (κ2) is 3.82. The monoisotopic (exact) mass is 196 g/mol. The van der Waals surface area contributed by atoms with Crippen LogP contribution < -0.4 is 0 Å². The SMILES string of the molecule is CC(C)(C)N1CCCC2CCCN2C1. The molecule has 0 aromatic rings. The number of hydrogen-bond donors (Lipinski definition) is 0. The van der Waals surface area contributed by atoms with Crippen molar-refractivity contribution in [3.05, 3.63) is 0 Å². The van der Waals surface area contributed by atoms with Crippen LogP contribution in [0.4, 0.5) is 0 Å². The van der Waals surface area contributed by atoms with Crippen LogP contribution in [0.15, 0.2) is 0 Å². The van der Waals surface area contributed by atoms with Gasteiger partial charge in [0.1, 0.15) is 0 Å². The third kappa shape index (κ3) is 2.12. The Kier molecular flexibility index (Phi) is 2.85. The molecule has 2 heteroatoms. The van der Waals surface area contributed by atoms with Gasteiger partial charge in [0.15, 0.2) is 0 Å². The lowest BCUT2D eigenvalue weighted by atomic mass is 10.1. The van der Waals surface area contributed by atoms with Crippen LogP contribution in [0.25, 0.3) is 0 Å². The molecule has 2 aliphatic heterocycles. The predicted octanol–water partition coefficient (Wildman–Crippen LogP) is 2.30. The number of rotatable bonds is 0. The Morgan fingerprint density at radius 2 is 1.64 bits per heavy atom. The van der Waals surface area contributed by atoms with E-state index in [1.165, 1.54) is 45.4 Å². The molecule has 2 nitrogen and oxygen atoms in total. The molecule has 1 unspecified atom stereocenters. The summed E-state index contributed by atoms with van der Waals surface area (Å²) >= 11 is 0. The van der Waals surface area contributed by atoms with Crippen LogP contribution in [-0.2, 0) is 0 Å². The van der Waals surface area contributed by atoms with E-state index in [0.29, 0.717) is 5.54 Å². The molecule has 0 spiro atoms. The molecular formula is C12H24N2. The minimum absolute atomic E-state index is 0.345. The van der Waals surface area contributed by atoms with Gasteiger partial charge >= 0.3 is 0 Å². The molecule has 1 atom stereocenters. The number of nitrogens with zero attached hydrogens (tertiary/aromatic N) is 2. The van der Waals surface area contributed by atoms with Crippen LogP contribution >= 0.6 is 0 Å². The van der Waals surface area contributed by atoms with Gasteiger partial charge in [-0.2, -0.15) is 0 Å². The van der Waals surface area contributed by atoms with E-state index in [2.05, 4.69) is 30.6 Å². The first-order valence-corrected chi connectivity index (χ1v) is 6.06. The van der Waals surface area contributed by atoms with Crippen LogP contribution in [0.1, 0.15) is 46.5 Å². The minimum atomic E-state index is 0.345. The fraction of sp³-hybridized carbons (Fsp3) is 1.00. The molecule has 2 rings (SSSR count). The first-order valence-electron chi connectivity index (χ1n) is 6.06. The molecule has 0 aliphatic carbocycles. The molecule has 2 fully saturated rings. The number of hydrogen-bond acceptors (Lipinski definition) is 2. The van der Waals surface area contributed by atoms with Gasteiger partial charge in [0, 0.05) is 11.6 Å². The predicted molar refractivity (Wildman–Crippen MR) is 60.3 cm³/mol. The van der Waals surface area contributed by atoms with E-state index in [0.717, 1.165) is 6.04 Å². The van der Waals surface area contributed by atoms with Crippen molar-refractivity contribution < 1.29 is 0 Å². The third-order valence-corrected chi connectivity index (χ3v) is 3.77. The smallest absolute Gasteiger partial charge is 0.0513 e. The van der Waals surface area contributed by atoms with Gasteiger partial charge in [-0.3, -0.25) is 9.80 Å². The first-order chi connectivity index (χ1) is 6.57. The van der Waals surface area contributed by atoms with Gasteiger partial charge in [-0.15, -0.1) is 0 Å². The summed E-state index contributed by atoms with van der Waals surface area (Å²) in [6.45, 7) is 10.8. The van der Waals surface area contributed by atoms with Crippen molar-refractivity contribution >= 4 is 0 Å². The summed E-state index contributed by atoms with van der Waals surface area (Å²) < 4.78 is 0. The largest absolute Gasteiger partial charge is 0.288 e. The Labute approximate surface area is 88.3 Å². The average molecular weight is 196 g/mol. The molecule has 0 radical (unpaired) electrons. The maximum absolute atomic E-state index is 2.69. The topological polar surface area (TPSA) is 6.48 Å². The molecule has 0 N–H and O–H groups in total. The van der Waals surface area contributed by atoms with Crippen LogP contribution in [0.5, 0.6) is 0 Å². The molecular weight excluding hydrogens is 172 g/mol. The van der Waals surface area contributed by atoms with Gasteiger partial charge in [0.25, 0.3) is 0 Å². The summed E-state index contributed by atoms with van der Waals surface area (Å²) in [4.78, 5) is 5.33. The second-order valence-electron chi connectivity index (χ2n) is 5.83. The highest BCUT2D eigenvalue weighted by Crippen LogP contribution is 2.27. The van der Waals surface area contributed by atoms with Crippen molar-refractivity contribution in [2.24, 2.45) is 0 Å². The highest BCUT2D eigenvalue weighted by Gasteiger charge is 2.32. The second-order valence-corrected chi connectivity index (χ2v) is 5.83. The Morgan fingerprint density at radius 3 is 2.29 bits per heavy atom. The average Bonchev–Trinajstić information content (AvgIpc) is 2.41. The van der Waals surface area contributed by atoms with E-state index >= 15 is 0 Å².